The minimum Gasteiger partial charge on any atom is -0.496 e. The van der Waals surface area contributed by atoms with E-state index in [9.17, 15) is 9.18 Å². The number of hydrogen-bond donors (Lipinski definition) is 1. The minimum absolute atomic E-state index is 0.0408. The molecule has 6 heteroatoms. The summed E-state index contributed by atoms with van der Waals surface area (Å²) in [4.78, 5) is 12.5. The Morgan fingerprint density at radius 2 is 2.03 bits per heavy atom. The number of fused-ring (bicyclic) bond motifs is 3. The summed E-state index contributed by atoms with van der Waals surface area (Å²) in [5.74, 6) is 0.897. The Morgan fingerprint density at radius 1 is 1.27 bits per heavy atom. The van der Waals surface area contributed by atoms with Crippen LogP contribution in [0.1, 0.15) is 42.2 Å². The van der Waals surface area contributed by atoms with Crippen molar-refractivity contribution in [2.45, 2.75) is 39.5 Å². The van der Waals surface area contributed by atoms with Gasteiger partial charge in [0, 0.05) is 40.3 Å². The monoisotopic (exact) mass is 427 g/mol. The summed E-state index contributed by atoms with van der Waals surface area (Å²) in [6, 6.07) is 6.13. The number of ether oxygens (including phenoxy) is 1. The average Bonchev–Trinajstić information content (AvgIpc) is 3.09. The highest BCUT2D eigenvalue weighted by atomic mass is 35.5. The lowest BCUT2D eigenvalue weighted by Crippen LogP contribution is -2.09. The Kier molecular flexibility index (Phi) is 5.56. The highest BCUT2D eigenvalue weighted by molar-refractivity contribution is 6.31. The van der Waals surface area contributed by atoms with Gasteiger partial charge in [-0.1, -0.05) is 11.6 Å². The van der Waals surface area contributed by atoms with Crippen LogP contribution < -0.4 is 10.1 Å². The molecule has 2 aromatic carbocycles. The molecule has 0 bridgehead atoms. The van der Waals surface area contributed by atoms with Crippen molar-refractivity contribution in [3.05, 3.63) is 63.6 Å². The van der Waals surface area contributed by atoms with Crippen LogP contribution in [0.15, 0.2) is 34.8 Å². The summed E-state index contributed by atoms with van der Waals surface area (Å²) in [6.45, 7) is 3.85. The van der Waals surface area contributed by atoms with Crippen molar-refractivity contribution in [2.75, 3.05) is 12.4 Å². The molecular formula is C24H23ClFNO3. The van der Waals surface area contributed by atoms with Gasteiger partial charge in [0.15, 0.2) is 0 Å². The van der Waals surface area contributed by atoms with Crippen LogP contribution in [-0.4, -0.2) is 13.0 Å². The highest BCUT2D eigenvalue weighted by Gasteiger charge is 2.23. The van der Waals surface area contributed by atoms with Gasteiger partial charge in [-0.15, -0.1) is 0 Å². The number of anilines is 1. The van der Waals surface area contributed by atoms with Crippen LogP contribution >= 0.6 is 11.6 Å². The number of hydrogen-bond acceptors (Lipinski definition) is 3. The second-order valence-corrected chi connectivity index (χ2v) is 8.02. The SMILES string of the molecule is COc1c(/C(C)=C/C(=O)Nc2ccc(F)c(Cl)c2)cc2c3c(oc2c1C)CCCC3. The summed E-state index contributed by atoms with van der Waals surface area (Å²) >= 11 is 5.79. The van der Waals surface area contributed by atoms with Gasteiger partial charge in [0.2, 0.25) is 5.91 Å². The quantitative estimate of drug-likeness (QED) is 0.486. The van der Waals surface area contributed by atoms with E-state index in [1.165, 1.54) is 29.8 Å². The molecule has 0 radical (unpaired) electrons. The third-order valence-electron chi connectivity index (χ3n) is 5.59. The average molecular weight is 428 g/mol. The van der Waals surface area contributed by atoms with E-state index in [1.54, 1.807) is 7.11 Å². The molecule has 0 atom stereocenters. The molecule has 1 amide bonds. The number of furan rings is 1. The van der Waals surface area contributed by atoms with Crippen LogP contribution in [-0.2, 0) is 17.6 Å². The fraction of sp³-hybridized carbons (Fsp3) is 0.292. The molecule has 4 rings (SSSR count). The number of benzene rings is 2. The van der Waals surface area contributed by atoms with E-state index in [1.807, 2.05) is 13.8 Å². The number of nitrogens with one attached hydrogen (secondary N) is 1. The Labute approximate surface area is 179 Å². The van der Waals surface area contributed by atoms with E-state index in [4.69, 9.17) is 20.8 Å². The molecule has 3 aromatic rings. The van der Waals surface area contributed by atoms with Gasteiger partial charge in [-0.2, -0.15) is 0 Å². The number of carbonyl (C=O) groups is 1. The molecule has 1 aromatic heterocycles. The van der Waals surface area contributed by atoms with Gasteiger partial charge in [-0.25, -0.2) is 4.39 Å². The topological polar surface area (TPSA) is 51.5 Å². The second-order valence-electron chi connectivity index (χ2n) is 7.62. The first kappa shape index (κ1) is 20.5. The van der Waals surface area contributed by atoms with E-state index >= 15 is 0 Å². The first-order valence-corrected chi connectivity index (χ1v) is 10.3. The lowest BCUT2D eigenvalue weighted by Gasteiger charge is -2.13. The summed E-state index contributed by atoms with van der Waals surface area (Å²) in [5.41, 5.74) is 5.09. The zero-order chi connectivity index (χ0) is 21.4. The minimum atomic E-state index is -0.529. The van der Waals surface area contributed by atoms with E-state index in [0.717, 1.165) is 59.1 Å². The van der Waals surface area contributed by atoms with Crippen molar-refractivity contribution in [1.82, 2.24) is 0 Å². The lowest BCUT2D eigenvalue weighted by molar-refractivity contribution is -0.111. The van der Waals surface area contributed by atoms with E-state index in [-0.39, 0.29) is 10.9 Å². The van der Waals surface area contributed by atoms with E-state index in [2.05, 4.69) is 11.4 Å². The van der Waals surface area contributed by atoms with Crippen LogP contribution in [0.5, 0.6) is 5.75 Å². The molecule has 1 aliphatic carbocycles. The first-order chi connectivity index (χ1) is 14.4. The number of carbonyl (C=O) groups excluding carboxylic acids is 1. The molecule has 0 unspecified atom stereocenters. The van der Waals surface area contributed by atoms with Crippen LogP contribution in [0.3, 0.4) is 0 Å². The molecule has 0 spiro atoms. The van der Waals surface area contributed by atoms with Crippen LogP contribution in [0, 0.1) is 12.7 Å². The van der Waals surface area contributed by atoms with Gasteiger partial charge in [0.1, 0.15) is 22.9 Å². The number of amides is 1. The molecule has 30 heavy (non-hydrogen) atoms. The zero-order valence-corrected chi connectivity index (χ0v) is 18.0. The van der Waals surface area contributed by atoms with Gasteiger partial charge in [0.25, 0.3) is 0 Å². The van der Waals surface area contributed by atoms with Crippen molar-refractivity contribution in [2.24, 2.45) is 0 Å². The smallest absolute Gasteiger partial charge is 0.248 e. The molecule has 4 nitrogen and oxygen atoms in total. The Balaban J connectivity index is 1.71. The normalized spacial score (nSPS) is 14.0. The largest absolute Gasteiger partial charge is 0.496 e. The molecule has 0 aliphatic heterocycles. The van der Waals surface area contributed by atoms with Gasteiger partial charge >= 0.3 is 0 Å². The fourth-order valence-corrected chi connectivity index (χ4v) is 4.30. The molecule has 156 valence electrons. The molecule has 0 saturated carbocycles. The summed E-state index contributed by atoms with van der Waals surface area (Å²) in [7, 11) is 1.62. The maximum atomic E-state index is 13.3. The van der Waals surface area contributed by atoms with Crippen molar-refractivity contribution in [3.63, 3.8) is 0 Å². The highest BCUT2D eigenvalue weighted by Crippen LogP contribution is 2.41. The van der Waals surface area contributed by atoms with Gasteiger partial charge in [-0.3, -0.25) is 4.79 Å². The standard InChI is InChI=1S/C24H23ClFNO3/c1-13(10-22(28)27-15-8-9-20(26)19(25)11-15)17-12-18-16-6-4-5-7-21(16)30-24(18)14(2)23(17)29-3/h8-12H,4-7H2,1-3H3,(H,27,28)/b13-10+. The van der Waals surface area contributed by atoms with Crippen molar-refractivity contribution < 1.29 is 18.3 Å². The Bertz CT molecular complexity index is 1180. The number of rotatable bonds is 4. The summed E-state index contributed by atoms with van der Waals surface area (Å²) < 4.78 is 25.2. The fourth-order valence-electron chi connectivity index (χ4n) is 4.12. The maximum Gasteiger partial charge on any atom is 0.248 e. The Morgan fingerprint density at radius 3 is 2.77 bits per heavy atom. The van der Waals surface area contributed by atoms with Crippen LogP contribution in [0.25, 0.3) is 16.5 Å². The van der Waals surface area contributed by atoms with Crippen LogP contribution in [0.2, 0.25) is 5.02 Å². The number of allylic oxidation sites excluding steroid dienone is 1. The van der Waals surface area contributed by atoms with E-state index in [0.29, 0.717) is 11.4 Å². The molecule has 0 saturated heterocycles. The van der Waals surface area contributed by atoms with Crippen molar-refractivity contribution >= 4 is 39.7 Å². The molecule has 0 fully saturated rings. The predicted molar refractivity (Wildman–Crippen MR) is 118 cm³/mol. The van der Waals surface area contributed by atoms with Gasteiger partial charge in [0.05, 0.1) is 12.1 Å². The molecular weight excluding hydrogens is 405 g/mol. The molecule has 1 aliphatic rings. The predicted octanol–water partition coefficient (Wildman–Crippen LogP) is 6.46. The number of aryl methyl sites for hydroxylation is 3. The van der Waals surface area contributed by atoms with Crippen molar-refractivity contribution in [1.29, 1.82) is 0 Å². The molecule has 1 N–H and O–H groups in total. The summed E-state index contributed by atoms with van der Waals surface area (Å²) in [5, 5.41) is 3.77. The van der Waals surface area contributed by atoms with Crippen LogP contribution in [0.4, 0.5) is 10.1 Å². The second kappa shape index (κ2) is 8.15. The molecule has 1 heterocycles. The zero-order valence-electron chi connectivity index (χ0n) is 17.2. The number of methoxy groups -OCH3 is 1. The summed E-state index contributed by atoms with van der Waals surface area (Å²) in [6.07, 6.45) is 5.76. The van der Waals surface area contributed by atoms with Crippen molar-refractivity contribution in [3.8, 4) is 5.75 Å². The Hall–Kier alpha value is -2.79. The lowest BCUT2D eigenvalue weighted by atomic mass is 9.93. The van der Waals surface area contributed by atoms with E-state index < -0.39 is 5.82 Å². The van der Waals surface area contributed by atoms with Gasteiger partial charge in [-0.05, 0) is 62.9 Å². The third kappa shape index (κ3) is 3.70. The third-order valence-corrected chi connectivity index (χ3v) is 5.88. The maximum absolute atomic E-state index is 13.3. The first-order valence-electron chi connectivity index (χ1n) is 9.95. The number of halogens is 2. The van der Waals surface area contributed by atoms with Gasteiger partial charge < -0.3 is 14.5 Å².